The van der Waals surface area contributed by atoms with Crippen molar-refractivity contribution in [2.45, 2.75) is 58.5 Å². The van der Waals surface area contributed by atoms with Crippen molar-refractivity contribution in [3.05, 3.63) is 0 Å². The van der Waals surface area contributed by atoms with E-state index in [1.54, 1.807) is 0 Å². The predicted molar refractivity (Wildman–Crippen MR) is 60.0 cm³/mol. The SMILES string of the molecule is CCC(CC)C1(CN)CCC(O)CC1. The highest BCUT2D eigenvalue weighted by atomic mass is 16.3. The van der Waals surface area contributed by atoms with E-state index < -0.39 is 0 Å². The van der Waals surface area contributed by atoms with E-state index in [0.717, 1.165) is 38.1 Å². The molecule has 3 N–H and O–H groups in total. The molecule has 1 rings (SSSR count). The standard InChI is InChI=1S/C12H25NO/c1-3-10(4-2)12(9-13)7-5-11(14)6-8-12/h10-11,14H,3-9,13H2,1-2H3. The number of aliphatic hydroxyl groups excluding tert-OH is 1. The topological polar surface area (TPSA) is 46.2 Å². The second-order valence-corrected chi connectivity index (χ2v) is 4.81. The predicted octanol–water partition coefficient (Wildman–Crippen LogP) is 2.30. The largest absolute Gasteiger partial charge is 0.393 e. The van der Waals surface area contributed by atoms with Crippen LogP contribution in [0.15, 0.2) is 0 Å². The third-order valence-corrected chi connectivity index (χ3v) is 4.21. The molecule has 0 aromatic heterocycles. The van der Waals surface area contributed by atoms with Crippen LogP contribution < -0.4 is 5.73 Å². The van der Waals surface area contributed by atoms with Gasteiger partial charge in [-0.1, -0.05) is 26.7 Å². The van der Waals surface area contributed by atoms with Crippen molar-refractivity contribution in [1.82, 2.24) is 0 Å². The minimum Gasteiger partial charge on any atom is -0.393 e. The van der Waals surface area contributed by atoms with Crippen LogP contribution in [0, 0.1) is 11.3 Å². The maximum atomic E-state index is 9.52. The Morgan fingerprint density at radius 2 is 1.79 bits per heavy atom. The first-order valence-electron chi connectivity index (χ1n) is 6.06. The average Bonchev–Trinajstić information content (AvgIpc) is 2.23. The van der Waals surface area contributed by atoms with Crippen LogP contribution in [0.3, 0.4) is 0 Å². The van der Waals surface area contributed by atoms with Gasteiger partial charge in [-0.2, -0.15) is 0 Å². The van der Waals surface area contributed by atoms with Crippen molar-refractivity contribution >= 4 is 0 Å². The monoisotopic (exact) mass is 199 g/mol. The fourth-order valence-corrected chi connectivity index (χ4v) is 3.11. The van der Waals surface area contributed by atoms with Gasteiger partial charge in [0.15, 0.2) is 0 Å². The van der Waals surface area contributed by atoms with Crippen LogP contribution in [0.2, 0.25) is 0 Å². The van der Waals surface area contributed by atoms with Crippen LogP contribution in [0.1, 0.15) is 52.4 Å². The van der Waals surface area contributed by atoms with E-state index in [0.29, 0.717) is 5.41 Å². The van der Waals surface area contributed by atoms with Gasteiger partial charge in [0, 0.05) is 0 Å². The number of hydrogen-bond acceptors (Lipinski definition) is 2. The Balaban J connectivity index is 2.65. The maximum absolute atomic E-state index is 9.52. The highest BCUT2D eigenvalue weighted by molar-refractivity contribution is 4.90. The number of aliphatic hydroxyl groups is 1. The number of nitrogens with two attached hydrogens (primary N) is 1. The Labute approximate surface area is 87.9 Å². The molecule has 0 aliphatic heterocycles. The van der Waals surface area contributed by atoms with Gasteiger partial charge in [-0.25, -0.2) is 0 Å². The second kappa shape index (κ2) is 5.13. The van der Waals surface area contributed by atoms with Crippen LogP contribution in [0.5, 0.6) is 0 Å². The zero-order valence-corrected chi connectivity index (χ0v) is 9.63. The highest BCUT2D eigenvalue weighted by Gasteiger charge is 2.38. The summed E-state index contributed by atoms with van der Waals surface area (Å²) in [6, 6.07) is 0. The summed E-state index contributed by atoms with van der Waals surface area (Å²) < 4.78 is 0. The molecule has 84 valence electrons. The molecule has 2 nitrogen and oxygen atoms in total. The second-order valence-electron chi connectivity index (χ2n) is 4.81. The molecule has 0 atom stereocenters. The molecule has 1 fully saturated rings. The molecule has 0 unspecified atom stereocenters. The summed E-state index contributed by atoms with van der Waals surface area (Å²) in [6.07, 6.45) is 6.53. The molecule has 0 aromatic carbocycles. The van der Waals surface area contributed by atoms with Gasteiger partial charge in [-0.3, -0.25) is 0 Å². The third-order valence-electron chi connectivity index (χ3n) is 4.21. The molecule has 0 spiro atoms. The number of hydrogen-bond donors (Lipinski definition) is 2. The lowest BCUT2D eigenvalue weighted by Gasteiger charge is -2.43. The van der Waals surface area contributed by atoms with E-state index in [1.807, 2.05) is 0 Å². The molecule has 14 heavy (non-hydrogen) atoms. The van der Waals surface area contributed by atoms with Crippen molar-refractivity contribution in [2.24, 2.45) is 17.1 Å². The van der Waals surface area contributed by atoms with Gasteiger partial charge in [-0.15, -0.1) is 0 Å². The van der Waals surface area contributed by atoms with Gasteiger partial charge in [-0.05, 0) is 43.6 Å². The van der Waals surface area contributed by atoms with Gasteiger partial charge in [0.05, 0.1) is 6.10 Å². The van der Waals surface area contributed by atoms with E-state index in [1.165, 1.54) is 12.8 Å². The number of rotatable bonds is 4. The van der Waals surface area contributed by atoms with Crippen molar-refractivity contribution < 1.29 is 5.11 Å². The molecule has 0 bridgehead atoms. The van der Waals surface area contributed by atoms with E-state index in [2.05, 4.69) is 13.8 Å². The van der Waals surface area contributed by atoms with Crippen LogP contribution in [-0.4, -0.2) is 17.8 Å². The van der Waals surface area contributed by atoms with Gasteiger partial charge in [0.2, 0.25) is 0 Å². The summed E-state index contributed by atoms with van der Waals surface area (Å²) in [4.78, 5) is 0. The van der Waals surface area contributed by atoms with Crippen molar-refractivity contribution in [3.63, 3.8) is 0 Å². The summed E-state index contributed by atoms with van der Waals surface area (Å²) >= 11 is 0. The summed E-state index contributed by atoms with van der Waals surface area (Å²) in [5.41, 5.74) is 6.29. The first-order valence-corrected chi connectivity index (χ1v) is 6.06. The first kappa shape index (κ1) is 12.0. The van der Waals surface area contributed by atoms with E-state index >= 15 is 0 Å². The highest BCUT2D eigenvalue weighted by Crippen LogP contribution is 2.44. The first-order chi connectivity index (χ1) is 6.68. The molecular weight excluding hydrogens is 174 g/mol. The zero-order valence-electron chi connectivity index (χ0n) is 9.63. The molecule has 0 saturated heterocycles. The quantitative estimate of drug-likeness (QED) is 0.730. The van der Waals surface area contributed by atoms with Crippen LogP contribution in [0.4, 0.5) is 0 Å². The average molecular weight is 199 g/mol. The van der Waals surface area contributed by atoms with Gasteiger partial charge in [0.1, 0.15) is 0 Å². The lowest BCUT2D eigenvalue weighted by Crippen LogP contribution is -2.42. The fourth-order valence-electron chi connectivity index (χ4n) is 3.11. The fraction of sp³-hybridized carbons (Fsp3) is 1.00. The third kappa shape index (κ3) is 2.29. The van der Waals surface area contributed by atoms with Crippen molar-refractivity contribution in [1.29, 1.82) is 0 Å². The van der Waals surface area contributed by atoms with Crippen LogP contribution in [0.25, 0.3) is 0 Å². The van der Waals surface area contributed by atoms with E-state index in [-0.39, 0.29) is 6.10 Å². The van der Waals surface area contributed by atoms with Gasteiger partial charge < -0.3 is 10.8 Å². The molecule has 2 heteroatoms. The van der Waals surface area contributed by atoms with Gasteiger partial charge >= 0.3 is 0 Å². The maximum Gasteiger partial charge on any atom is 0.0540 e. The molecule has 1 aliphatic carbocycles. The molecule has 1 saturated carbocycles. The Morgan fingerprint density at radius 1 is 1.29 bits per heavy atom. The molecule has 0 amide bonds. The molecule has 0 heterocycles. The summed E-state index contributed by atoms with van der Waals surface area (Å²) in [5.74, 6) is 0.750. The van der Waals surface area contributed by atoms with Crippen LogP contribution >= 0.6 is 0 Å². The lowest BCUT2D eigenvalue weighted by atomic mass is 9.63. The minimum absolute atomic E-state index is 0.0657. The van der Waals surface area contributed by atoms with Gasteiger partial charge in [0.25, 0.3) is 0 Å². The van der Waals surface area contributed by atoms with Crippen LogP contribution in [-0.2, 0) is 0 Å². The zero-order chi connectivity index (χ0) is 10.6. The van der Waals surface area contributed by atoms with Crippen molar-refractivity contribution in [3.8, 4) is 0 Å². The Hall–Kier alpha value is -0.0800. The minimum atomic E-state index is -0.0657. The van der Waals surface area contributed by atoms with E-state index in [4.69, 9.17) is 5.73 Å². The molecule has 0 radical (unpaired) electrons. The summed E-state index contributed by atoms with van der Waals surface area (Å²) in [6.45, 7) is 5.32. The Kier molecular flexibility index (Phi) is 4.39. The van der Waals surface area contributed by atoms with E-state index in [9.17, 15) is 5.11 Å². The lowest BCUT2D eigenvalue weighted by molar-refractivity contribution is 0.0270. The molecule has 1 aliphatic rings. The van der Waals surface area contributed by atoms with Crippen molar-refractivity contribution in [2.75, 3.05) is 6.54 Å². The smallest absolute Gasteiger partial charge is 0.0540 e. The Bertz CT molecular complexity index is 158. The Morgan fingerprint density at radius 3 is 2.14 bits per heavy atom. The summed E-state index contributed by atoms with van der Waals surface area (Å²) in [7, 11) is 0. The molecule has 0 aromatic rings. The molecular formula is C12H25NO. The summed E-state index contributed by atoms with van der Waals surface area (Å²) in [5, 5.41) is 9.52. The normalized spacial score (nSPS) is 33.6.